The fourth-order valence-electron chi connectivity index (χ4n) is 2.76. The zero-order valence-corrected chi connectivity index (χ0v) is 13.1. The maximum atomic E-state index is 12.3. The summed E-state index contributed by atoms with van der Waals surface area (Å²) in [5.74, 6) is 0.518. The normalized spacial score (nSPS) is 17.4. The molecule has 2 N–H and O–H groups in total. The largest absolute Gasteiger partial charge is 0.396 e. The van der Waals surface area contributed by atoms with Crippen LogP contribution in [0.2, 0.25) is 0 Å². The van der Waals surface area contributed by atoms with Crippen LogP contribution in [-0.4, -0.2) is 28.6 Å². The SMILES string of the molecule is CCC(CCO)NC(=O)c1sc(C2CCCC2)nc1C. The second-order valence-corrected chi connectivity index (χ2v) is 6.57. The molecule has 1 amide bonds. The number of aliphatic hydroxyl groups is 1. The first-order chi connectivity index (χ1) is 9.65. The Morgan fingerprint density at radius 1 is 1.50 bits per heavy atom. The summed E-state index contributed by atoms with van der Waals surface area (Å²) in [6, 6.07) is 0.0453. The molecule has 1 atom stereocenters. The molecule has 20 heavy (non-hydrogen) atoms. The topological polar surface area (TPSA) is 62.2 Å². The maximum absolute atomic E-state index is 12.3. The first kappa shape index (κ1) is 15.4. The van der Waals surface area contributed by atoms with Crippen molar-refractivity contribution in [2.24, 2.45) is 0 Å². The number of aliphatic hydroxyl groups excluding tert-OH is 1. The molecule has 1 aliphatic carbocycles. The van der Waals surface area contributed by atoms with Crippen LogP contribution in [0.5, 0.6) is 0 Å². The molecular formula is C15H24N2O2S. The van der Waals surface area contributed by atoms with Crippen LogP contribution in [0.3, 0.4) is 0 Å². The molecule has 0 radical (unpaired) electrons. The van der Waals surface area contributed by atoms with Crippen LogP contribution in [-0.2, 0) is 0 Å². The van der Waals surface area contributed by atoms with E-state index in [2.05, 4.69) is 10.3 Å². The molecular weight excluding hydrogens is 272 g/mol. The fourth-order valence-corrected chi connectivity index (χ4v) is 3.90. The lowest BCUT2D eigenvalue weighted by atomic mass is 10.1. The van der Waals surface area contributed by atoms with Gasteiger partial charge < -0.3 is 10.4 Å². The number of aryl methyl sites for hydroxylation is 1. The van der Waals surface area contributed by atoms with E-state index >= 15 is 0 Å². The first-order valence-corrected chi connectivity index (χ1v) is 8.36. The van der Waals surface area contributed by atoms with Gasteiger partial charge in [-0.1, -0.05) is 19.8 Å². The molecule has 1 aromatic heterocycles. The van der Waals surface area contributed by atoms with Crippen LogP contribution in [0.25, 0.3) is 0 Å². The molecule has 1 aliphatic rings. The maximum Gasteiger partial charge on any atom is 0.263 e. The highest BCUT2D eigenvalue weighted by atomic mass is 32.1. The number of aromatic nitrogens is 1. The monoisotopic (exact) mass is 296 g/mol. The van der Waals surface area contributed by atoms with Gasteiger partial charge in [-0.15, -0.1) is 11.3 Å². The van der Waals surface area contributed by atoms with Crippen molar-refractivity contribution in [3.63, 3.8) is 0 Å². The Labute approximate surface area is 124 Å². The average molecular weight is 296 g/mol. The van der Waals surface area contributed by atoms with Crippen molar-refractivity contribution >= 4 is 17.2 Å². The Morgan fingerprint density at radius 3 is 2.80 bits per heavy atom. The molecule has 1 saturated carbocycles. The Hall–Kier alpha value is -0.940. The summed E-state index contributed by atoms with van der Waals surface area (Å²) in [5.41, 5.74) is 0.841. The van der Waals surface area contributed by atoms with Gasteiger partial charge in [0, 0.05) is 18.6 Å². The molecule has 1 aromatic rings. The van der Waals surface area contributed by atoms with Gasteiger partial charge in [0.1, 0.15) is 4.88 Å². The molecule has 0 bridgehead atoms. The van der Waals surface area contributed by atoms with Gasteiger partial charge in [0.05, 0.1) is 10.7 Å². The summed E-state index contributed by atoms with van der Waals surface area (Å²) in [7, 11) is 0. The second-order valence-electron chi connectivity index (χ2n) is 5.54. The third-order valence-corrected chi connectivity index (χ3v) is 5.35. The van der Waals surface area contributed by atoms with Crippen LogP contribution < -0.4 is 5.32 Å². The van der Waals surface area contributed by atoms with E-state index in [-0.39, 0.29) is 18.6 Å². The van der Waals surface area contributed by atoms with Crippen molar-refractivity contribution in [2.45, 2.75) is 64.3 Å². The van der Waals surface area contributed by atoms with Crippen LogP contribution in [0.1, 0.15) is 71.7 Å². The van der Waals surface area contributed by atoms with E-state index in [1.165, 1.54) is 25.7 Å². The Morgan fingerprint density at radius 2 is 2.20 bits per heavy atom. The molecule has 1 fully saturated rings. The molecule has 0 saturated heterocycles. The molecule has 4 nitrogen and oxygen atoms in total. The van der Waals surface area contributed by atoms with Crippen molar-refractivity contribution in [3.8, 4) is 0 Å². The summed E-state index contributed by atoms with van der Waals surface area (Å²) >= 11 is 1.55. The van der Waals surface area contributed by atoms with E-state index in [1.54, 1.807) is 11.3 Å². The Kier molecular flexibility index (Phi) is 5.54. The van der Waals surface area contributed by atoms with Gasteiger partial charge in [-0.3, -0.25) is 4.79 Å². The van der Waals surface area contributed by atoms with E-state index in [9.17, 15) is 4.79 Å². The first-order valence-electron chi connectivity index (χ1n) is 7.54. The smallest absolute Gasteiger partial charge is 0.263 e. The van der Waals surface area contributed by atoms with Gasteiger partial charge in [0.15, 0.2) is 0 Å². The van der Waals surface area contributed by atoms with E-state index in [0.29, 0.717) is 12.3 Å². The van der Waals surface area contributed by atoms with Gasteiger partial charge in [0.25, 0.3) is 5.91 Å². The van der Waals surface area contributed by atoms with Crippen LogP contribution in [0.4, 0.5) is 0 Å². The summed E-state index contributed by atoms with van der Waals surface area (Å²) in [6.07, 6.45) is 6.40. The number of rotatable bonds is 6. The van der Waals surface area contributed by atoms with Gasteiger partial charge in [0.2, 0.25) is 0 Å². The molecule has 5 heteroatoms. The van der Waals surface area contributed by atoms with E-state index in [4.69, 9.17) is 5.11 Å². The zero-order valence-electron chi connectivity index (χ0n) is 12.3. The summed E-state index contributed by atoms with van der Waals surface area (Å²) in [5, 5.41) is 13.1. The summed E-state index contributed by atoms with van der Waals surface area (Å²) in [4.78, 5) is 17.7. The molecule has 1 unspecified atom stereocenters. The number of hydrogen-bond donors (Lipinski definition) is 2. The van der Waals surface area contributed by atoms with E-state index in [0.717, 1.165) is 22.0 Å². The zero-order chi connectivity index (χ0) is 14.5. The predicted octanol–water partition coefficient (Wildman–Crippen LogP) is 3.00. The molecule has 1 heterocycles. The molecule has 0 aromatic carbocycles. The number of carbonyl (C=O) groups excluding carboxylic acids is 1. The van der Waals surface area contributed by atoms with Crippen molar-refractivity contribution < 1.29 is 9.90 Å². The lowest BCUT2D eigenvalue weighted by molar-refractivity contribution is 0.0932. The minimum Gasteiger partial charge on any atom is -0.396 e. The minimum absolute atomic E-state index is 0.0375. The average Bonchev–Trinajstić information content (AvgIpc) is 3.06. The number of thiazole rings is 1. The van der Waals surface area contributed by atoms with E-state index < -0.39 is 0 Å². The van der Waals surface area contributed by atoms with Gasteiger partial charge in [-0.2, -0.15) is 0 Å². The molecule has 112 valence electrons. The number of nitrogens with one attached hydrogen (secondary N) is 1. The fraction of sp³-hybridized carbons (Fsp3) is 0.733. The minimum atomic E-state index is -0.0375. The lowest BCUT2D eigenvalue weighted by Crippen LogP contribution is -2.34. The number of hydrogen-bond acceptors (Lipinski definition) is 4. The van der Waals surface area contributed by atoms with Gasteiger partial charge in [-0.05, 0) is 32.6 Å². The van der Waals surface area contributed by atoms with Crippen molar-refractivity contribution in [1.29, 1.82) is 0 Å². The number of carbonyl (C=O) groups is 1. The van der Waals surface area contributed by atoms with Crippen LogP contribution in [0.15, 0.2) is 0 Å². The van der Waals surface area contributed by atoms with Crippen molar-refractivity contribution in [1.82, 2.24) is 10.3 Å². The van der Waals surface area contributed by atoms with Gasteiger partial charge >= 0.3 is 0 Å². The van der Waals surface area contributed by atoms with Crippen LogP contribution >= 0.6 is 11.3 Å². The van der Waals surface area contributed by atoms with Crippen molar-refractivity contribution in [2.75, 3.05) is 6.61 Å². The highest BCUT2D eigenvalue weighted by Crippen LogP contribution is 2.37. The third kappa shape index (κ3) is 3.58. The van der Waals surface area contributed by atoms with Crippen molar-refractivity contribution in [3.05, 3.63) is 15.6 Å². The highest BCUT2D eigenvalue weighted by molar-refractivity contribution is 7.13. The summed E-state index contributed by atoms with van der Waals surface area (Å²) in [6.45, 7) is 4.04. The molecule has 2 rings (SSSR count). The quantitative estimate of drug-likeness (QED) is 0.848. The van der Waals surface area contributed by atoms with Gasteiger partial charge in [-0.25, -0.2) is 4.98 Å². The third-order valence-electron chi connectivity index (χ3n) is 4.03. The number of nitrogens with zero attached hydrogens (tertiary/aromatic N) is 1. The Bertz CT molecular complexity index is 453. The highest BCUT2D eigenvalue weighted by Gasteiger charge is 2.24. The lowest BCUT2D eigenvalue weighted by Gasteiger charge is -2.15. The second kappa shape index (κ2) is 7.18. The van der Waals surface area contributed by atoms with Crippen LogP contribution in [0, 0.1) is 6.92 Å². The standard InChI is InChI=1S/C15H24N2O2S/c1-3-12(8-9-18)17-14(19)13-10(2)16-15(20-13)11-6-4-5-7-11/h11-12,18H,3-9H2,1-2H3,(H,17,19). The van der Waals surface area contributed by atoms with E-state index in [1.807, 2.05) is 13.8 Å². The number of amides is 1. The molecule has 0 spiro atoms. The summed E-state index contributed by atoms with van der Waals surface area (Å²) < 4.78 is 0. The predicted molar refractivity (Wildman–Crippen MR) is 81.3 cm³/mol. The molecule has 0 aliphatic heterocycles. The Balaban J connectivity index is 2.05.